The molecule has 0 aliphatic carbocycles. The van der Waals surface area contributed by atoms with Crippen LogP contribution in [-0.2, 0) is 0 Å². The fraction of sp³-hybridized carbons (Fsp3) is 0.200. The van der Waals surface area contributed by atoms with Gasteiger partial charge in [-0.15, -0.1) is 0 Å². The Morgan fingerprint density at radius 2 is 1.70 bits per heavy atom. The second-order valence-corrected chi connectivity index (χ2v) is 4.63. The van der Waals surface area contributed by atoms with Crippen LogP contribution in [0.4, 0.5) is 10.1 Å². The zero-order valence-corrected chi connectivity index (χ0v) is 11.1. The van der Waals surface area contributed by atoms with Gasteiger partial charge in [-0.05, 0) is 45.7 Å². The SMILES string of the molecule is CN(CCF)c1ccc(-c2ccc3nonc3c2)cc1. The molecule has 1 aromatic heterocycles. The molecule has 3 rings (SSSR count). The van der Waals surface area contributed by atoms with Crippen LogP contribution >= 0.6 is 0 Å². The summed E-state index contributed by atoms with van der Waals surface area (Å²) in [6.45, 7) is 0.0456. The molecular weight excluding hydrogens is 257 g/mol. The van der Waals surface area contributed by atoms with Gasteiger partial charge in [0.2, 0.25) is 0 Å². The maximum Gasteiger partial charge on any atom is 0.135 e. The van der Waals surface area contributed by atoms with Gasteiger partial charge in [0.15, 0.2) is 0 Å². The predicted octanol–water partition coefficient (Wildman–Crippen LogP) is 3.30. The third kappa shape index (κ3) is 2.34. The van der Waals surface area contributed by atoms with Crippen molar-refractivity contribution in [3.8, 4) is 11.1 Å². The number of halogens is 1. The largest absolute Gasteiger partial charge is 0.372 e. The molecule has 0 saturated carbocycles. The zero-order valence-electron chi connectivity index (χ0n) is 11.1. The van der Waals surface area contributed by atoms with Crippen molar-refractivity contribution in [2.45, 2.75) is 0 Å². The van der Waals surface area contributed by atoms with Crippen LogP contribution in [0.1, 0.15) is 0 Å². The normalized spacial score (nSPS) is 10.9. The monoisotopic (exact) mass is 271 g/mol. The van der Waals surface area contributed by atoms with Crippen molar-refractivity contribution in [1.29, 1.82) is 0 Å². The molecule has 0 aliphatic heterocycles. The van der Waals surface area contributed by atoms with Crippen LogP contribution in [0.15, 0.2) is 47.1 Å². The Balaban J connectivity index is 1.90. The second kappa shape index (κ2) is 5.28. The van der Waals surface area contributed by atoms with Gasteiger partial charge in [-0.25, -0.2) is 9.02 Å². The van der Waals surface area contributed by atoms with Crippen LogP contribution in [0.3, 0.4) is 0 Å². The van der Waals surface area contributed by atoms with Crippen molar-refractivity contribution >= 4 is 16.7 Å². The molecule has 4 nitrogen and oxygen atoms in total. The summed E-state index contributed by atoms with van der Waals surface area (Å²) < 4.78 is 17.0. The van der Waals surface area contributed by atoms with E-state index >= 15 is 0 Å². The van der Waals surface area contributed by atoms with Crippen molar-refractivity contribution in [3.05, 3.63) is 42.5 Å². The molecule has 3 aromatic rings. The van der Waals surface area contributed by atoms with E-state index in [1.54, 1.807) is 0 Å². The van der Waals surface area contributed by atoms with Crippen LogP contribution in [0, 0.1) is 0 Å². The molecule has 20 heavy (non-hydrogen) atoms. The average Bonchev–Trinajstić information content (AvgIpc) is 2.95. The van der Waals surface area contributed by atoms with Crippen molar-refractivity contribution in [3.63, 3.8) is 0 Å². The minimum atomic E-state index is -0.353. The first-order chi connectivity index (χ1) is 9.78. The summed E-state index contributed by atoms with van der Waals surface area (Å²) in [5, 5.41) is 7.62. The molecule has 0 radical (unpaired) electrons. The van der Waals surface area contributed by atoms with E-state index in [4.69, 9.17) is 4.63 Å². The minimum absolute atomic E-state index is 0.353. The Labute approximate surface area is 115 Å². The number of fused-ring (bicyclic) bond motifs is 1. The lowest BCUT2D eigenvalue weighted by atomic mass is 10.0. The zero-order chi connectivity index (χ0) is 13.9. The second-order valence-electron chi connectivity index (χ2n) is 4.63. The van der Waals surface area contributed by atoms with Crippen LogP contribution < -0.4 is 4.90 Å². The maximum atomic E-state index is 12.3. The molecule has 0 amide bonds. The van der Waals surface area contributed by atoms with Gasteiger partial charge < -0.3 is 4.90 Å². The molecule has 0 bridgehead atoms. The molecule has 0 N–H and O–H groups in total. The van der Waals surface area contributed by atoms with Gasteiger partial charge in [-0.1, -0.05) is 18.2 Å². The number of hydrogen-bond acceptors (Lipinski definition) is 4. The van der Waals surface area contributed by atoms with Gasteiger partial charge in [0.05, 0.1) is 0 Å². The summed E-state index contributed by atoms with van der Waals surface area (Å²) in [5.41, 5.74) is 4.60. The molecule has 102 valence electrons. The van der Waals surface area contributed by atoms with Gasteiger partial charge in [0.25, 0.3) is 0 Å². The van der Waals surface area contributed by atoms with Crippen LogP contribution in [0.5, 0.6) is 0 Å². The number of aromatic nitrogens is 2. The van der Waals surface area contributed by atoms with E-state index < -0.39 is 0 Å². The smallest absolute Gasteiger partial charge is 0.135 e. The Hall–Kier alpha value is -2.43. The first-order valence-electron chi connectivity index (χ1n) is 6.38. The number of alkyl halides is 1. The summed E-state index contributed by atoms with van der Waals surface area (Å²) in [7, 11) is 1.88. The highest BCUT2D eigenvalue weighted by Crippen LogP contribution is 2.25. The van der Waals surface area contributed by atoms with Crippen LogP contribution in [0.2, 0.25) is 0 Å². The Bertz CT molecular complexity index is 708. The highest BCUT2D eigenvalue weighted by Gasteiger charge is 2.05. The number of hydrogen-bond donors (Lipinski definition) is 0. The molecule has 0 fully saturated rings. The van der Waals surface area contributed by atoms with Crippen molar-refractivity contribution in [1.82, 2.24) is 10.3 Å². The summed E-state index contributed by atoms with van der Waals surface area (Å²) in [6.07, 6.45) is 0. The lowest BCUT2D eigenvalue weighted by Crippen LogP contribution is -2.19. The lowest BCUT2D eigenvalue weighted by molar-refractivity contribution is 0.315. The molecule has 1 heterocycles. The highest BCUT2D eigenvalue weighted by molar-refractivity contribution is 5.80. The fourth-order valence-corrected chi connectivity index (χ4v) is 2.13. The van der Waals surface area contributed by atoms with E-state index in [1.165, 1.54) is 0 Å². The first-order valence-corrected chi connectivity index (χ1v) is 6.38. The van der Waals surface area contributed by atoms with E-state index in [0.29, 0.717) is 6.54 Å². The highest BCUT2D eigenvalue weighted by atomic mass is 19.1. The van der Waals surface area contributed by atoms with Crippen molar-refractivity contribution in [2.24, 2.45) is 0 Å². The van der Waals surface area contributed by atoms with E-state index in [9.17, 15) is 4.39 Å². The summed E-state index contributed by atoms with van der Waals surface area (Å²) in [4.78, 5) is 1.88. The van der Waals surface area contributed by atoms with Gasteiger partial charge in [-0.2, -0.15) is 0 Å². The third-order valence-electron chi connectivity index (χ3n) is 3.32. The molecule has 0 atom stereocenters. The van der Waals surface area contributed by atoms with E-state index in [0.717, 1.165) is 27.8 Å². The Morgan fingerprint density at radius 1 is 1.00 bits per heavy atom. The number of rotatable bonds is 4. The lowest BCUT2D eigenvalue weighted by Gasteiger charge is -2.17. The van der Waals surface area contributed by atoms with Crippen LogP contribution in [-0.4, -0.2) is 30.6 Å². The average molecular weight is 271 g/mol. The van der Waals surface area contributed by atoms with Crippen molar-refractivity contribution < 1.29 is 9.02 Å². The molecule has 0 saturated heterocycles. The van der Waals surface area contributed by atoms with Crippen LogP contribution in [0.25, 0.3) is 22.2 Å². The fourth-order valence-electron chi connectivity index (χ4n) is 2.13. The van der Waals surface area contributed by atoms with E-state index in [-0.39, 0.29) is 6.67 Å². The first kappa shape index (κ1) is 12.6. The number of nitrogens with zero attached hydrogens (tertiary/aromatic N) is 3. The molecule has 0 aliphatic rings. The number of anilines is 1. The van der Waals surface area contributed by atoms with Gasteiger partial charge in [-0.3, -0.25) is 0 Å². The Kier molecular flexibility index (Phi) is 3.33. The van der Waals surface area contributed by atoms with Crippen molar-refractivity contribution in [2.75, 3.05) is 25.2 Å². The Morgan fingerprint density at radius 3 is 2.45 bits per heavy atom. The summed E-state index contributed by atoms with van der Waals surface area (Å²) >= 11 is 0. The maximum absolute atomic E-state index is 12.3. The number of benzene rings is 2. The molecule has 0 spiro atoms. The topological polar surface area (TPSA) is 42.2 Å². The summed E-state index contributed by atoms with van der Waals surface area (Å²) in [5.74, 6) is 0. The van der Waals surface area contributed by atoms with E-state index in [1.807, 2.05) is 54.4 Å². The van der Waals surface area contributed by atoms with E-state index in [2.05, 4.69) is 10.3 Å². The van der Waals surface area contributed by atoms with Gasteiger partial charge >= 0.3 is 0 Å². The standard InChI is InChI=1S/C15H14FN3O/c1-19(9-8-16)13-5-2-11(3-6-13)12-4-7-14-15(10-12)18-20-17-14/h2-7,10H,8-9H2,1H3. The molecule has 2 aromatic carbocycles. The molecular formula is C15H14FN3O. The van der Waals surface area contributed by atoms with Gasteiger partial charge in [0, 0.05) is 19.3 Å². The van der Waals surface area contributed by atoms with Gasteiger partial charge in [0.1, 0.15) is 17.7 Å². The summed E-state index contributed by atoms with van der Waals surface area (Å²) in [6, 6.07) is 13.8. The molecule has 5 heteroatoms. The minimum Gasteiger partial charge on any atom is -0.372 e. The molecule has 0 unspecified atom stereocenters. The third-order valence-corrected chi connectivity index (χ3v) is 3.32. The quantitative estimate of drug-likeness (QED) is 0.730. The predicted molar refractivity (Wildman–Crippen MR) is 76.5 cm³/mol.